The van der Waals surface area contributed by atoms with Gasteiger partial charge in [-0.25, -0.2) is 0 Å². The van der Waals surface area contributed by atoms with Gasteiger partial charge in [-0.2, -0.15) is 0 Å². The SMILES string of the molecule is Cc1ccc(NC2(CN)CCCC(C(C)(C)C)CC2)cc1. The molecular formula is C19H32N2. The van der Waals surface area contributed by atoms with Gasteiger partial charge in [0.2, 0.25) is 0 Å². The van der Waals surface area contributed by atoms with Crippen LogP contribution >= 0.6 is 0 Å². The van der Waals surface area contributed by atoms with Crippen molar-refractivity contribution < 1.29 is 0 Å². The number of aryl methyl sites for hydroxylation is 1. The van der Waals surface area contributed by atoms with Crippen LogP contribution in [0.25, 0.3) is 0 Å². The van der Waals surface area contributed by atoms with Gasteiger partial charge in [-0.1, -0.05) is 44.9 Å². The molecule has 1 fully saturated rings. The Bertz CT molecular complexity index is 444. The average molecular weight is 288 g/mol. The Morgan fingerprint density at radius 3 is 2.38 bits per heavy atom. The molecule has 21 heavy (non-hydrogen) atoms. The summed E-state index contributed by atoms with van der Waals surface area (Å²) < 4.78 is 0. The lowest BCUT2D eigenvalue weighted by molar-refractivity contribution is 0.212. The van der Waals surface area contributed by atoms with Gasteiger partial charge in [-0.3, -0.25) is 0 Å². The lowest BCUT2D eigenvalue weighted by Crippen LogP contribution is -2.45. The van der Waals surface area contributed by atoms with Crippen LogP contribution in [0.15, 0.2) is 24.3 Å². The van der Waals surface area contributed by atoms with Crippen LogP contribution in [0, 0.1) is 18.3 Å². The number of hydrogen-bond donors (Lipinski definition) is 2. The molecule has 0 radical (unpaired) electrons. The van der Waals surface area contributed by atoms with E-state index in [0.717, 1.165) is 12.5 Å². The highest BCUT2D eigenvalue weighted by Crippen LogP contribution is 2.40. The number of hydrogen-bond acceptors (Lipinski definition) is 2. The monoisotopic (exact) mass is 288 g/mol. The molecule has 1 aliphatic rings. The second-order valence-corrected chi connectivity index (χ2v) is 7.97. The van der Waals surface area contributed by atoms with Crippen LogP contribution in [0.2, 0.25) is 0 Å². The van der Waals surface area contributed by atoms with E-state index >= 15 is 0 Å². The Labute approximate surface area is 130 Å². The molecule has 0 bridgehead atoms. The first-order valence-electron chi connectivity index (χ1n) is 8.40. The van der Waals surface area contributed by atoms with E-state index in [4.69, 9.17) is 5.73 Å². The third-order valence-electron chi connectivity index (χ3n) is 5.26. The third-order valence-corrected chi connectivity index (χ3v) is 5.26. The van der Waals surface area contributed by atoms with Crippen molar-refractivity contribution in [3.8, 4) is 0 Å². The fourth-order valence-corrected chi connectivity index (χ4v) is 3.60. The minimum absolute atomic E-state index is 0.0786. The normalized spacial score (nSPS) is 27.2. The van der Waals surface area contributed by atoms with E-state index in [1.807, 2.05) is 0 Å². The predicted molar refractivity (Wildman–Crippen MR) is 92.6 cm³/mol. The maximum Gasteiger partial charge on any atom is 0.0495 e. The minimum Gasteiger partial charge on any atom is -0.378 e. The summed E-state index contributed by atoms with van der Waals surface area (Å²) in [5.41, 5.74) is 9.18. The Morgan fingerprint density at radius 2 is 1.81 bits per heavy atom. The highest BCUT2D eigenvalue weighted by atomic mass is 15.0. The minimum atomic E-state index is 0.0786. The van der Waals surface area contributed by atoms with Crippen LogP contribution < -0.4 is 11.1 Å². The molecule has 0 aliphatic heterocycles. The lowest BCUT2D eigenvalue weighted by Gasteiger charge is -2.35. The Kier molecular flexibility index (Phi) is 4.98. The topological polar surface area (TPSA) is 38.0 Å². The molecule has 1 aromatic rings. The molecule has 118 valence electrons. The Balaban J connectivity index is 2.09. The molecule has 0 amide bonds. The molecule has 1 aromatic carbocycles. The maximum atomic E-state index is 6.18. The van der Waals surface area contributed by atoms with Crippen molar-refractivity contribution in [1.82, 2.24) is 0 Å². The average Bonchev–Trinajstić information content (AvgIpc) is 2.64. The maximum absolute atomic E-state index is 6.18. The van der Waals surface area contributed by atoms with Gasteiger partial charge in [-0.05, 0) is 56.1 Å². The van der Waals surface area contributed by atoms with Gasteiger partial charge in [-0.15, -0.1) is 0 Å². The number of rotatable bonds is 3. The number of nitrogens with one attached hydrogen (secondary N) is 1. The van der Waals surface area contributed by atoms with Gasteiger partial charge in [0.15, 0.2) is 0 Å². The summed E-state index contributed by atoms with van der Waals surface area (Å²) in [4.78, 5) is 0. The van der Waals surface area contributed by atoms with Crippen LogP contribution in [0.3, 0.4) is 0 Å². The van der Waals surface area contributed by atoms with E-state index in [0.29, 0.717) is 5.41 Å². The summed E-state index contributed by atoms with van der Waals surface area (Å²) in [5, 5.41) is 3.76. The third kappa shape index (κ3) is 4.23. The molecule has 3 N–H and O–H groups in total. The Hall–Kier alpha value is -1.02. The first-order chi connectivity index (χ1) is 9.85. The van der Waals surface area contributed by atoms with Gasteiger partial charge in [0.05, 0.1) is 0 Å². The van der Waals surface area contributed by atoms with Gasteiger partial charge in [0.25, 0.3) is 0 Å². The lowest BCUT2D eigenvalue weighted by atomic mass is 9.76. The molecule has 2 nitrogen and oxygen atoms in total. The molecule has 2 heteroatoms. The summed E-state index contributed by atoms with van der Waals surface area (Å²) >= 11 is 0. The van der Waals surface area contributed by atoms with E-state index in [2.05, 4.69) is 57.3 Å². The fourth-order valence-electron chi connectivity index (χ4n) is 3.60. The second kappa shape index (κ2) is 6.39. The molecule has 0 spiro atoms. The van der Waals surface area contributed by atoms with Crippen molar-refractivity contribution >= 4 is 5.69 Å². The van der Waals surface area contributed by atoms with Gasteiger partial charge in [0, 0.05) is 17.8 Å². The van der Waals surface area contributed by atoms with E-state index < -0.39 is 0 Å². The Morgan fingerprint density at radius 1 is 1.14 bits per heavy atom. The van der Waals surface area contributed by atoms with Crippen molar-refractivity contribution in [1.29, 1.82) is 0 Å². The fraction of sp³-hybridized carbons (Fsp3) is 0.684. The van der Waals surface area contributed by atoms with Gasteiger partial charge in [0.1, 0.15) is 0 Å². The molecule has 1 saturated carbocycles. The van der Waals surface area contributed by atoms with E-state index in [1.165, 1.54) is 43.4 Å². The summed E-state index contributed by atoms with van der Waals surface area (Å²) in [6.45, 7) is 9.97. The van der Waals surface area contributed by atoms with E-state index in [1.54, 1.807) is 0 Å². The molecular weight excluding hydrogens is 256 g/mol. The highest BCUT2D eigenvalue weighted by Gasteiger charge is 2.35. The standard InChI is InChI=1S/C19H32N2/c1-15-7-9-17(10-8-15)21-19(14-20)12-5-6-16(11-13-19)18(2,3)4/h7-10,16,21H,5-6,11-14,20H2,1-4H3. The molecule has 1 aliphatic carbocycles. The van der Waals surface area contributed by atoms with Crippen molar-refractivity contribution in [3.63, 3.8) is 0 Å². The number of nitrogens with two attached hydrogens (primary N) is 1. The van der Waals surface area contributed by atoms with E-state index in [9.17, 15) is 0 Å². The second-order valence-electron chi connectivity index (χ2n) is 7.97. The predicted octanol–water partition coefficient (Wildman–Crippen LogP) is 4.73. The first-order valence-corrected chi connectivity index (χ1v) is 8.40. The zero-order valence-electron chi connectivity index (χ0n) is 14.2. The largest absolute Gasteiger partial charge is 0.378 e. The van der Waals surface area contributed by atoms with Crippen molar-refractivity contribution in [3.05, 3.63) is 29.8 Å². The smallest absolute Gasteiger partial charge is 0.0495 e. The van der Waals surface area contributed by atoms with Crippen molar-refractivity contribution in [2.24, 2.45) is 17.1 Å². The van der Waals surface area contributed by atoms with Gasteiger partial charge < -0.3 is 11.1 Å². The summed E-state index contributed by atoms with van der Waals surface area (Å²) in [6, 6.07) is 8.69. The number of benzene rings is 1. The van der Waals surface area contributed by atoms with Crippen molar-refractivity contribution in [2.45, 2.75) is 65.3 Å². The van der Waals surface area contributed by atoms with Crippen LogP contribution in [-0.2, 0) is 0 Å². The van der Waals surface area contributed by atoms with E-state index in [-0.39, 0.29) is 5.54 Å². The molecule has 0 aromatic heterocycles. The summed E-state index contributed by atoms with van der Waals surface area (Å²) in [7, 11) is 0. The molecule has 2 atom stereocenters. The van der Waals surface area contributed by atoms with Crippen LogP contribution in [0.1, 0.15) is 58.4 Å². The quantitative estimate of drug-likeness (QED) is 0.789. The van der Waals surface area contributed by atoms with Crippen LogP contribution in [0.5, 0.6) is 0 Å². The summed E-state index contributed by atoms with van der Waals surface area (Å²) in [5.74, 6) is 0.811. The number of anilines is 1. The highest BCUT2D eigenvalue weighted by molar-refractivity contribution is 5.47. The molecule has 2 unspecified atom stereocenters. The molecule has 0 saturated heterocycles. The zero-order valence-corrected chi connectivity index (χ0v) is 14.2. The van der Waals surface area contributed by atoms with Crippen LogP contribution in [-0.4, -0.2) is 12.1 Å². The van der Waals surface area contributed by atoms with Gasteiger partial charge >= 0.3 is 0 Å². The van der Waals surface area contributed by atoms with Crippen LogP contribution in [0.4, 0.5) is 5.69 Å². The summed E-state index contributed by atoms with van der Waals surface area (Å²) in [6.07, 6.45) is 6.25. The molecule has 2 rings (SSSR count). The zero-order chi connectivity index (χ0) is 15.5. The van der Waals surface area contributed by atoms with Crippen molar-refractivity contribution in [2.75, 3.05) is 11.9 Å². The first kappa shape index (κ1) is 16.4. The molecule has 0 heterocycles.